The highest BCUT2D eigenvalue weighted by atomic mass is 127. The second kappa shape index (κ2) is 11.8. The van der Waals surface area contributed by atoms with Crippen LogP contribution in [-0.4, -0.2) is 31.5 Å². The molecule has 1 fully saturated rings. The molecular weight excluding hydrogens is 475 g/mol. The summed E-state index contributed by atoms with van der Waals surface area (Å²) in [7, 11) is 1.79. The Kier molecular flexibility index (Phi) is 9.44. The lowest BCUT2D eigenvalue weighted by molar-refractivity contribution is -0.117. The van der Waals surface area contributed by atoms with Gasteiger partial charge in [0.05, 0.1) is 0 Å². The number of aryl methyl sites for hydroxylation is 1. The molecule has 1 unspecified atom stereocenters. The average Bonchev–Trinajstić information content (AvgIpc) is 3.16. The number of hydrogen-bond donors (Lipinski definition) is 2. The van der Waals surface area contributed by atoms with Crippen molar-refractivity contribution in [1.29, 1.82) is 0 Å². The Morgan fingerprint density at radius 2 is 1.83 bits per heavy atom. The number of rotatable bonds is 7. The molecule has 0 spiro atoms. The zero-order chi connectivity index (χ0) is 19.8. The molecule has 6 heteroatoms. The second-order valence-corrected chi connectivity index (χ2v) is 7.31. The topological polar surface area (TPSA) is 56.7 Å². The van der Waals surface area contributed by atoms with Crippen molar-refractivity contribution in [3.63, 3.8) is 0 Å². The van der Waals surface area contributed by atoms with Crippen LogP contribution in [0.5, 0.6) is 0 Å². The summed E-state index contributed by atoms with van der Waals surface area (Å²) in [5.41, 5.74) is 3.51. The van der Waals surface area contributed by atoms with Gasteiger partial charge in [0, 0.05) is 38.3 Å². The number of carbonyl (C=O) groups excluding carboxylic acids is 1. The normalized spacial score (nSPS) is 15.0. The summed E-state index contributed by atoms with van der Waals surface area (Å²) in [6, 6.07) is 19.1. The summed E-state index contributed by atoms with van der Waals surface area (Å²) >= 11 is 0. The van der Waals surface area contributed by atoms with Crippen LogP contribution in [-0.2, 0) is 17.8 Å². The number of nitrogens with one attached hydrogen (secondary N) is 2. The van der Waals surface area contributed by atoms with Crippen LogP contribution in [0, 0.1) is 0 Å². The fraction of sp³-hybridized carbons (Fsp3) is 0.391. The minimum Gasteiger partial charge on any atom is -0.354 e. The van der Waals surface area contributed by atoms with E-state index in [4.69, 9.17) is 0 Å². The van der Waals surface area contributed by atoms with Gasteiger partial charge in [-0.1, -0.05) is 42.5 Å². The van der Waals surface area contributed by atoms with Crippen molar-refractivity contribution >= 4 is 41.5 Å². The third-order valence-electron chi connectivity index (χ3n) is 5.10. The fourth-order valence-corrected chi connectivity index (χ4v) is 3.43. The molecule has 2 aromatic rings. The first-order valence-corrected chi connectivity index (χ1v) is 10.1. The Morgan fingerprint density at radius 3 is 2.45 bits per heavy atom. The van der Waals surface area contributed by atoms with E-state index < -0.39 is 0 Å². The van der Waals surface area contributed by atoms with Crippen LogP contribution >= 0.6 is 24.0 Å². The van der Waals surface area contributed by atoms with Gasteiger partial charge in [-0.25, -0.2) is 0 Å². The summed E-state index contributed by atoms with van der Waals surface area (Å²) < 4.78 is 0. The predicted octanol–water partition coefficient (Wildman–Crippen LogP) is 4.12. The minimum atomic E-state index is 0. The van der Waals surface area contributed by atoms with E-state index in [0.29, 0.717) is 19.0 Å². The molecule has 2 aromatic carbocycles. The van der Waals surface area contributed by atoms with E-state index in [1.165, 1.54) is 5.56 Å². The van der Waals surface area contributed by atoms with E-state index in [-0.39, 0.29) is 29.9 Å². The van der Waals surface area contributed by atoms with Crippen molar-refractivity contribution in [3.8, 4) is 0 Å². The van der Waals surface area contributed by atoms with Gasteiger partial charge in [0.2, 0.25) is 5.91 Å². The lowest BCUT2D eigenvalue weighted by atomic mass is 10.1. The number of benzene rings is 2. The largest absolute Gasteiger partial charge is 0.354 e. The van der Waals surface area contributed by atoms with Gasteiger partial charge in [0.15, 0.2) is 5.96 Å². The summed E-state index contributed by atoms with van der Waals surface area (Å²) in [6.07, 6.45) is 3.70. The molecule has 1 heterocycles. The van der Waals surface area contributed by atoms with Crippen molar-refractivity contribution in [2.45, 2.75) is 45.2 Å². The number of guanidine groups is 1. The average molecular weight is 506 g/mol. The van der Waals surface area contributed by atoms with Gasteiger partial charge >= 0.3 is 0 Å². The number of hydrogen-bond acceptors (Lipinski definition) is 2. The van der Waals surface area contributed by atoms with Crippen LogP contribution < -0.4 is 15.5 Å². The van der Waals surface area contributed by atoms with Gasteiger partial charge in [-0.15, -0.1) is 24.0 Å². The van der Waals surface area contributed by atoms with Crippen molar-refractivity contribution < 1.29 is 4.79 Å². The van der Waals surface area contributed by atoms with Crippen LogP contribution in [0.1, 0.15) is 37.3 Å². The van der Waals surface area contributed by atoms with Crippen molar-refractivity contribution in [3.05, 3.63) is 65.7 Å². The Morgan fingerprint density at radius 1 is 1.10 bits per heavy atom. The molecule has 0 radical (unpaired) electrons. The quantitative estimate of drug-likeness (QED) is 0.338. The van der Waals surface area contributed by atoms with Crippen molar-refractivity contribution in [2.24, 2.45) is 4.99 Å². The Hall–Kier alpha value is -2.09. The molecule has 1 atom stereocenters. The maximum Gasteiger partial charge on any atom is 0.227 e. The Balaban J connectivity index is 0.00000300. The minimum absolute atomic E-state index is 0. The van der Waals surface area contributed by atoms with Crippen molar-refractivity contribution in [1.82, 2.24) is 10.6 Å². The van der Waals surface area contributed by atoms with Crippen LogP contribution in [0.4, 0.5) is 5.69 Å². The van der Waals surface area contributed by atoms with E-state index in [2.05, 4.69) is 58.9 Å². The van der Waals surface area contributed by atoms with Gasteiger partial charge in [0.1, 0.15) is 0 Å². The molecule has 2 N–H and O–H groups in total. The molecule has 0 aromatic heterocycles. The van der Waals surface area contributed by atoms with Gasteiger partial charge in [-0.05, 0) is 49.4 Å². The zero-order valence-electron chi connectivity index (χ0n) is 17.2. The number of halogens is 1. The molecule has 0 bridgehead atoms. The van der Waals surface area contributed by atoms with Crippen LogP contribution in [0.3, 0.4) is 0 Å². The molecule has 0 saturated carbocycles. The van der Waals surface area contributed by atoms with Crippen LogP contribution in [0.2, 0.25) is 0 Å². The molecule has 1 amide bonds. The van der Waals surface area contributed by atoms with Crippen molar-refractivity contribution in [2.75, 3.05) is 18.5 Å². The molecule has 1 saturated heterocycles. The fourth-order valence-electron chi connectivity index (χ4n) is 3.43. The molecule has 1 aliphatic heterocycles. The van der Waals surface area contributed by atoms with Gasteiger partial charge in [-0.3, -0.25) is 9.79 Å². The summed E-state index contributed by atoms with van der Waals surface area (Å²) in [4.78, 5) is 18.0. The summed E-state index contributed by atoms with van der Waals surface area (Å²) in [5.74, 6) is 1.03. The molecule has 1 aliphatic rings. The standard InChI is InChI=1S/C23H30N4O.HI/c1-18(10-11-19-7-4-3-5-8-19)26-23(24-2)25-17-20-12-14-21(15-13-20)27-16-6-9-22(27)28;/h3-5,7-8,12-15,18H,6,9-11,16-17H2,1-2H3,(H2,24,25,26);1H. The van der Waals surface area contributed by atoms with Crippen LogP contribution in [0.25, 0.3) is 0 Å². The molecule has 29 heavy (non-hydrogen) atoms. The van der Waals surface area contributed by atoms with Crippen LogP contribution in [0.15, 0.2) is 59.6 Å². The first-order valence-electron chi connectivity index (χ1n) is 10.1. The lowest BCUT2D eigenvalue weighted by Crippen LogP contribution is -2.42. The van der Waals surface area contributed by atoms with Gasteiger partial charge in [-0.2, -0.15) is 0 Å². The van der Waals surface area contributed by atoms with E-state index in [0.717, 1.165) is 43.0 Å². The third-order valence-corrected chi connectivity index (χ3v) is 5.10. The first-order chi connectivity index (χ1) is 13.7. The predicted molar refractivity (Wildman–Crippen MR) is 131 cm³/mol. The maximum absolute atomic E-state index is 11.8. The van der Waals surface area contributed by atoms with E-state index in [9.17, 15) is 4.79 Å². The summed E-state index contributed by atoms with van der Waals surface area (Å²) in [5, 5.41) is 6.83. The Labute approximate surface area is 191 Å². The SMILES string of the molecule is CN=C(NCc1ccc(N2CCCC2=O)cc1)NC(C)CCc1ccccc1.I. The zero-order valence-corrected chi connectivity index (χ0v) is 19.6. The monoisotopic (exact) mass is 506 g/mol. The third kappa shape index (κ3) is 7.03. The number of anilines is 1. The summed E-state index contributed by atoms with van der Waals surface area (Å²) in [6.45, 7) is 3.70. The van der Waals surface area contributed by atoms with E-state index in [1.807, 2.05) is 23.1 Å². The van der Waals surface area contributed by atoms with E-state index >= 15 is 0 Å². The molecule has 5 nitrogen and oxygen atoms in total. The number of amides is 1. The van der Waals surface area contributed by atoms with Gasteiger partial charge in [0.25, 0.3) is 0 Å². The molecule has 156 valence electrons. The molecular formula is C23H31IN4O. The maximum atomic E-state index is 11.8. The second-order valence-electron chi connectivity index (χ2n) is 7.31. The molecule has 0 aliphatic carbocycles. The number of nitrogens with zero attached hydrogens (tertiary/aromatic N) is 2. The number of carbonyl (C=O) groups is 1. The highest BCUT2D eigenvalue weighted by Gasteiger charge is 2.21. The highest BCUT2D eigenvalue weighted by molar-refractivity contribution is 14.0. The number of aliphatic imine (C=N–C) groups is 1. The van der Waals surface area contributed by atoms with Gasteiger partial charge < -0.3 is 15.5 Å². The highest BCUT2D eigenvalue weighted by Crippen LogP contribution is 2.21. The first kappa shape index (κ1) is 23.2. The molecule has 3 rings (SSSR count). The Bertz CT molecular complexity index is 792. The van der Waals surface area contributed by atoms with E-state index in [1.54, 1.807) is 7.05 Å². The smallest absolute Gasteiger partial charge is 0.227 e. The lowest BCUT2D eigenvalue weighted by Gasteiger charge is -2.19.